The summed E-state index contributed by atoms with van der Waals surface area (Å²) in [5.41, 5.74) is 0. The fraction of sp³-hybridized carbons (Fsp3) is 0.923. The zero-order valence-electron chi connectivity index (χ0n) is 10.4. The number of hydrogen-bond donors (Lipinski definition) is 2. The molecule has 4 nitrogen and oxygen atoms in total. The van der Waals surface area contributed by atoms with Crippen molar-refractivity contribution in [2.45, 2.75) is 44.6 Å². The van der Waals surface area contributed by atoms with Crippen LogP contribution in [0, 0.1) is 11.8 Å². The zero-order chi connectivity index (χ0) is 12.1. The summed E-state index contributed by atoms with van der Waals surface area (Å²) in [7, 11) is 0. The van der Waals surface area contributed by atoms with E-state index in [0.717, 1.165) is 58.3 Å². The van der Waals surface area contributed by atoms with E-state index in [2.05, 4.69) is 5.32 Å². The SMILES string of the molecule is O=C(NCC1CCOCC1)C1CCC(O)CC1. The predicted molar refractivity (Wildman–Crippen MR) is 64.5 cm³/mol. The fourth-order valence-corrected chi connectivity index (χ4v) is 2.68. The molecule has 0 spiro atoms. The quantitative estimate of drug-likeness (QED) is 0.777. The lowest BCUT2D eigenvalue weighted by Gasteiger charge is -2.26. The molecule has 17 heavy (non-hydrogen) atoms. The van der Waals surface area contributed by atoms with Crippen LogP contribution in [0.3, 0.4) is 0 Å². The second-order valence-electron chi connectivity index (χ2n) is 5.31. The highest BCUT2D eigenvalue weighted by Gasteiger charge is 2.25. The van der Waals surface area contributed by atoms with E-state index in [4.69, 9.17) is 4.74 Å². The van der Waals surface area contributed by atoms with Crippen molar-refractivity contribution in [3.63, 3.8) is 0 Å². The first-order valence-electron chi connectivity index (χ1n) is 6.79. The van der Waals surface area contributed by atoms with Crippen LogP contribution in [-0.2, 0) is 9.53 Å². The Morgan fingerprint density at radius 3 is 2.41 bits per heavy atom. The second kappa shape index (κ2) is 6.36. The van der Waals surface area contributed by atoms with Gasteiger partial charge in [-0.2, -0.15) is 0 Å². The molecule has 0 aromatic heterocycles. The summed E-state index contributed by atoms with van der Waals surface area (Å²) in [6.45, 7) is 2.45. The molecule has 2 N–H and O–H groups in total. The first kappa shape index (κ1) is 12.8. The van der Waals surface area contributed by atoms with Gasteiger partial charge in [-0.25, -0.2) is 0 Å². The molecule has 0 bridgehead atoms. The van der Waals surface area contributed by atoms with E-state index < -0.39 is 0 Å². The van der Waals surface area contributed by atoms with Crippen LogP contribution in [0.4, 0.5) is 0 Å². The predicted octanol–water partition coefficient (Wildman–Crippen LogP) is 1.08. The van der Waals surface area contributed by atoms with Crippen molar-refractivity contribution < 1.29 is 14.6 Å². The van der Waals surface area contributed by atoms with E-state index >= 15 is 0 Å². The molecule has 2 rings (SSSR count). The molecule has 4 heteroatoms. The molecule has 0 atom stereocenters. The van der Waals surface area contributed by atoms with Crippen LogP contribution in [0.5, 0.6) is 0 Å². The van der Waals surface area contributed by atoms with Gasteiger partial charge in [0.1, 0.15) is 0 Å². The molecule has 1 aliphatic heterocycles. The number of carbonyl (C=O) groups is 1. The van der Waals surface area contributed by atoms with Gasteiger partial charge in [0.05, 0.1) is 6.10 Å². The third kappa shape index (κ3) is 3.96. The molecular weight excluding hydrogens is 218 g/mol. The molecule has 1 aliphatic carbocycles. The Morgan fingerprint density at radius 2 is 1.76 bits per heavy atom. The summed E-state index contributed by atoms with van der Waals surface area (Å²) in [5, 5.41) is 12.5. The average Bonchev–Trinajstić information content (AvgIpc) is 2.38. The largest absolute Gasteiger partial charge is 0.393 e. The van der Waals surface area contributed by atoms with Crippen LogP contribution in [0.2, 0.25) is 0 Å². The number of nitrogens with one attached hydrogen (secondary N) is 1. The van der Waals surface area contributed by atoms with Crippen molar-refractivity contribution in [2.24, 2.45) is 11.8 Å². The Hall–Kier alpha value is -0.610. The van der Waals surface area contributed by atoms with Crippen LogP contribution in [0.15, 0.2) is 0 Å². The van der Waals surface area contributed by atoms with E-state index in [9.17, 15) is 9.90 Å². The Kier molecular flexibility index (Phi) is 4.80. The second-order valence-corrected chi connectivity index (χ2v) is 5.31. The van der Waals surface area contributed by atoms with Gasteiger partial charge in [0, 0.05) is 25.7 Å². The standard InChI is InChI=1S/C13H23NO3/c15-12-3-1-11(2-4-12)13(16)14-9-10-5-7-17-8-6-10/h10-12,15H,1-9H2,(H,14,16). The number of carbonyl (C=O) groups excluding carboxylic acids is 1. The van der Waals surface area contributed by atoms with Crippen LogP contribution in [0.25, 0.3) is 0 Å². The maximum atomic E-state index is 11.9. The van der Waals surface area contributed by atoms with Gasteiger partial charge >= 0.3 is 0 Å². The summed E-state index contributed by atoms with van der Waals surface area (Å²) in [4.78, 5) is 11.9. The Balaban J connectivity index is 1.66. The van der Waals surface area contributed by atoms with Gasteiger partial charge in [-0.3, -0.25) is 4.79 Å². The monoisotopic (exact) mass is 241 g/mol. The van der Waals surface area contributed by atoms with Crippen LogP contribution in [0.1, 0.15) is 38.5 Å². The molecule has 1 heterocycles. The Labute approximate surface area is 103 Å². The fourth-order valence-electron chi connectivity index (χ4n) is 2.68. The van der Waals surface area contributed by atoms with Crippen LogP contribution >= 0.6 is 0 Å². The Morgan fingerprint density at radius 1 is 1.12 bits per heavy atom. The number of hydrogen-bond acceptors (Lipinski definition) is 3. The molecule has 0 radical (unpaired) electrons. The van der Waals surface area contributed by atoms with Crippen molar-refractivity contribution in [3.05, 3.63) is 0 Å². The van der Waals surface area contributed by atoms with Crippen molar-refractivity contribution in [3.8, 4) is 0 Å². The number of amides is 1. The maximum Gasteiger partial charge on any atom is 0.223 e. The van der Waals surface area contributed by atoms with Crippen LogP contribution in [-0.4, -0.2) is 36.9 Å². The highest BCUT2D eigenvalue weighted by molar-refractivity contribution is 5.78. The highest BCUT2D eigenvalue weighted by Crippen LogP contribution is 2.24. The first-order chi connectivity index (χ1) is 8.25. The minimum atomic E-state index is -0.186. The van der Waals surface area contributed by atoms with E-state index in [-0.39, 0.29) is 17.9 Å². The lowest BCUT2D eigenvalue weighted by Crippen LogP contribution is -2.37. The molecular formula is C13H23NO3. The number of aliphatic hydroxyl groups is 1. The topological polar surface area (TPSA) is 58.6 Å². The third-order valence-corrected chi connectivity index (χ3v) is 3.97. The molecule has 0 unspecified atom stereocenters. The van der Waals surface area contributed by atoms with Crippen molar-refractivity contribution in [2.75, 3.05) is 19.8 Å². The van der Waals surface area contributed by atoms with Crippen molar-refractivity contribution >= 4 is 5.91 Å². The third-order valence-electron chi connectivity index (χ3n) is 3.97. The minimum absolute atomic E-state index is 0.123. The Bertz CT molecular complexity index is 243. The average molecular weight is 241 g/mol. The highest BCUT2D eigenvalue weighted by atomic mass is 16.5. The smallest absolute Gasteiger partial charge is 0.223 e. The summed E-state index contributed by atoms with van der Waals surface area (Å²) >= 11 is 0. The van der Waals surface area contributed by atoms with E-state index in [1.165, 1.54) is 0 Å². The minimum Gasteiger partial charge on any atom is -0.393 e. The number of aliphatic hydroxyl groups excluding tert-OH is 1. The first-order valence-corrected chi connectivity index (χ1v) is 6.79. The molecule has 1 saturated heterocycles. The molecule has 1 amide bonds. The van der Waals surface area contributed by atoms with Gasteiger partial charge in [-0.1, -0.05) is 0 Å². The molecule has 2 fully saturated rings. The van der Waals surface area contributed by atoms with Crippen molar-refractivity contribution in [1.29, 1.82) is 0 Å². The van der Waals surface area contributed by atoms with Gasteiger partial charge in [0.2, 0.25) is 5.91 Å². The summed E-state index contributed by atoms with van der Waals surface area (Å²) in [5.74, 6) is 0.892. The molecule has 1 saturated carbocycles. The number of ether oxygens (including phenoxy) is 1. The van der Waals surface area contributed by atoms with E-state index in [1.807, 2.05) is 0 Å². The zero-order valence-corrected chi connectivity index (χ0v) is 10.4. The van der Waals surface area contributed by atoms with Gasteiger partial charge in [0.15, 0.2) is 0 Å². The summed E-state index contributed by atoms with van der Waals surface area (Å²) < 4.78 is 5.29. The lowest BCUT2D eigenvalue weighted by atomic mass is 9.87. The van der Waals surface area contributed by atoms with Crippen molar-refractivity contribution in [1.82, 2.24) is 5.32 Å². The molecule has 2 aliphatic rings. The summed E-state index contributed by atoms with van der Waals surface area (Å²) in [6, 6.07) is 0. The van der Waals surface area contributed by atoms with E-state index in [0.29, 0.717) is 5.92 Å². The normalized spacial score (nSPS) is 31.1. The van der Waals surface area contributed by atoms with Gasteiger partial charge in [-0.05, 0) is 44.4 Å². The van der Waals surface area contributed by atoms with Crippen LogP contribution < -0.4 is 5.32 Å². The molecule has 0 aromatic rings. The molecule has 98 valence electrons. The number of rotatable bonds is 3. The lowest BCUT2D eigenvalue weighted by molar-refractivity contribution is -0.126. The van der Waals surface area contributed by atoms with Gasteiger partial charge < -0.3 is 15.2 Å². The van der Waals surface area contributed by atoms with Gasteiger partial charge in [0.25, 0.3) is 0 Å². The van der Waals surface area contributed by atoms with E-state index in [1.54, 1.807) is 0 Å². The van der Waals surface area contributed by atoms with Gasteiger partial charge in [-0.15, -0.1) is 0 Å². The summed E-state index contributed by atoms with van der Waals surface area (Å²) in [6.07, 6.45) is 5.15. The maximum absolute atomic E-state index is 11.9. The molecule has 0 aromatic carbocycles.